The number of piperazine rings is 1. The van der Waals surface area contributed by atoms with Crippen LogP contribution in [0.3, 0.4) is 0 Å². The second kappa shape index (κ2) is 7.87. The summed E-state index contributed by atoms with van der Waals surface area (Å²) >= 11 is 0. The fraction of sp³-hybridized carbons (Fsp3) is 0.273. The molecule has 29 heavy (non-hydrogen) atoms. The summed E-state index contributed by atoms with van der Waals surface area (Å²) in [6.45, 7) is 4.66. The van der Waals surface area contributed by atoms with Crippen LogP contribution >= 0.6 is 0 Å². The molecule has 0 unspecified atom stereocenters. The lowest BCUT2D eigenvalue weighted by Crippen LogP contribution is -2.48. The highest BCUT2D eigenvalue weighted by molar-refractivity contribution is 5.99. The Balaban J connectivity index is 1.52. The summed E-state index contributed by atoms with van der Waals surface area (Å²) in [5, 5.41) is 12.7. The molecular weight excluding hydrogens is 368 g/mol. The van der Waals surface area contributed by atoms with E-state index in [1.807, 2.05) is 35.2 Å². The topological polar surface area (TPSA) is 79.6 Å². The maximum Gasteiger partial charge on any atom is 0.278 e. The standard InChI is InChI=1S/C22H22N4O3/c1-2-16-3-5-17(6-4-16)22(27)25-13-11-24(12-14-25)20-7-8-21(26(28)29)19-15-23-10-9-18(19)20/h3-10,15H,2,11-14H2,1H3. The largest absolute Gasteiger partial charge is 0.367 e. The molecular formula is C22H22N4O3. The van der Waals surface area contributed by atoms with Crippen LogP contribution in [-0.4, -0.2) is 46.9 Å². The van der Waals surface area contributed by atoms with Gasteiger partial charge in [-0.05, 0) is 36.2 Å². The average molecular weight is 390 g/mol. The van der Waals surface area contributed by atoms with Crippen LogP contribution in [0, 0.1) is 10.1 Å². The Bertz CT molecular complexity index is 1060. The van der Waals surface area contributed by atoms with Crippen LogP contribution < -0.4 is 4.90 Å². The molecule has 1 amide bonds. The number of fused-ring (bicyclic) bond motifs is 1. The van der Waals surface area contributed by atoms with Crippen LogP contribution in [0.4, 0.5) is 11.4 Å². The van der Waals surface area contributed by atoms with E-state index in [1.54, 1.807) is 12.3 Å². The number of pyridine rings is 1. The summed E-state index contributed by atoms with van der Waals surface area (Å²) in [4.78, 5) is 31.8. The number of aryl methyl sites for hydroxylation is 1. The van der Waals surface area contributed by atoms with Crippen molar-refractivity contribution in [2.24, 2.45) is 0 Å². The van der Waals surface area contributed by atoms with Crippen molar-refractivity contribution < 1.29 is 9.72 Å². The molecule has 1 aromatic heterocycles. The first-order chi connectivity index (χ1) is 14.1. The van der Waals surface area contributed by atoms with Crippen molar-refractivity contribution in [1.29, 1.82) is 0 Å². The van der Waals surface area contributed by atoms with Gasteiger partial charge in [-0.2, -0.15) is 0 Å². The normalized spacial score (nSPS) is 14.2. The molecule has 0 atom stereocenters. The minimum absolute atomic E-state index is 0.0464. The molecule has 0 radical (unpaired) electrons. The Morgan fingerprint density at radius 3 is 2.41 bits per heavy atom. The van der Waals surface area contributed by atoms with E-state index in [9.17, 15) is 14.9 Å². The van der Waals surface area contributed by atoms with E-state index in [1.165, 1.54) is 17.8 Å². The minimum Gasteiger partial charge on any atom is -0.367 e. The number of hydrogen-bond donors (Lipinski definition) is 0. The van der Waals surface area contributed by atoms with Gasteiger partial charge in [-0.3, -0.25) is 19.9 Å². The molecule has 0 spiro atoms. The van der Waals surface area contributed by atoms with Crippen LogP contribution in [0.15, 0.2) is 54.9 Å². The van der Waals surface area contributed by atoms with Crippen LogP contribution in [-0.2, 0) is 6.42 Å². The number of benzene rings is 2. The lowest BCUT2D eigenvalue weighted by atomic mass is 10.1. The molecule has 0 aliphatic carbocycles. The third kappa shape index (κ3) is 3.63. The summed E-state index contributed by atoms with van der Waals surface area (Å²) in [6, 6.07) is 12.9. The van der Waals surface area contributed by atoms with E-state index in [0.29, 0.717) is 37.1 Å². The van der Waals surface area contributed by atoms with Gasteiger partial charge in [0.1, 0.15) is 0 Å². The van der Waals surface area contributed by atoms with Crippen molar-refractivity contribution in [1.82, 2.24) is 9.88 Å². The molecule has 1 aliphatic rings. The number of nitro groups is 1. The monoisotopic (exact) mass is 390 g/mol. The molecule has 0 N–H and O–H groups in total. The summed E-state index contributed by atoms with van der Waals surface area (Å²) in [7, 11) is 0. The van der Waals surface area contributed by atoms with Crippen molar-refractivity contribution in [3.05, 3.63) is 76.1 Å². The second-order valence-corrected chi connectivity index (χ2v) is 7.11. The molecule has 4 rings (SSSR count). The molecule has 0 bridgehead atoms. The molecule has 7 nitrogen and oxygen atoms in total. The quantitative estimate of drug-likeness (QED) is 0.502. The fourth-order valence-electron chi connectivity index (χ4n) is 3.81. The van der Waals surface area contributed by atoms with Crippen molar-refractivity contribution >= 4 is 28.1 Å². The third-order valence-electron chi connectivity index (χ3n) is 5.49. The highest BCUT2D eigenvalue weighted by Crippen LogP contribution is 2.33. The Kier molecular flexibility index (Phi) is 5.12. The van der Waals surface area contributed by atoms with Crippen molar-refractivity contribution in [3.63, 3.8) is 0 Å². The van der Waals surface area contributed by atoms with E-state index < -0.39 is 0 Å². The van der Waals surface area contributed by atoms with Crippen LogP contribution in [0.25, 0.3) is 10.8 Å². The Morgan fingerprint density at radius 2 is 1.76 bits per heavy atom. The Morgan fingerprint density at radius 1 is 1.03 bits per heavy atom. The summed E-state index contributed by atoms with van der Waals surface area (Å²) in [5.41, 5.74) is 2.92. The smallest absolute Gasteiger partial charge is 0.278 e. The SMILES string of the molecule is CCc1ccc(C(=O)N2CCN(c3ccc([N+](=O)[O-])c4cnccc34)CC2)cc1. The van der Waals surface area contributed by atoms with E-state index in [2.05, 4.69) is 16.8 Å². The molecule has 1 saturated heterocycles. The number of carbonyl (C=O) groups excluding carboxylic acids is 1. The Labute approximate surface area is 168 Å². The van der Waals surface area contributed by atoms with Crippen LogP contribution in [0.1, 0.15) is 22.8 Å². The van der Waals surface area contributed by atoms with E-state index in [-0.39, 0.29) is 16.5 Å². The molecule has 1 aliphatic heterocycles. The van der Waals surface area contributed by atoms with Gasteiger partial charge in [0.15, 0.2) is 0 Å². The average Bonchev–Trinajstić information content (AvgIpc) is 2.78. The van der Waals surface area contributed by atoms with E-state index >= 15 is 0 Å². The summed E-state index contributed by atoms with van der Waals surface area (Å²) in [6.07, 6.45) is 4.14. The number of non-ortho nitro benzene ring substituents is 1. The van der Waals surface area contributed by atoms with Gasteiger partial charge >= 0.3 is 0 Å². The zero-order chi connectivity index (χ0) is 20.4. The highest BCUT2D eigenvalue weighted by atomic mass is 16.6. The minimum atomic E-state index is -0.381. The molecule has 3 aromatic rings. The molecule has 148 valence electrons. The lowest BCUT2D eigenvalue weighted by molar-refractivity contribution is -0.383. The van der Waals surface area contributed by atoms with Crippen LogP contribution in [0.5, 0.6) is 0 Å². The summed E-state index contributed by atoms with van der Waals surface area (Å²) in [5.74, 6) is 0.0464. The number of nitrogens with zero attached hydrogens (tertiary/aromatic N) is 4. The number of hydrogen-bond acceptors (Lipinski definition) is 5. The number of rotatable bonds is 4. The zero-order valence-electron chi connectivity index (χ0n) is 16.2. The lowest BCUT2D eigenvalue weighted by Gasteiger charge is -2.36. The number of nitro benzene ring substituents is 1. The molecule has 1 fully saturated rings. The van der Waals surface area contributed by atoms with Gasteiger partial charge in [0.2, 0.25) is 0 Å². The van der Waals surface area contributed by atoms with Crippen LogP contribution in [0.2, 0.25) is 0 Å². The van der Waals surface area contributed by atoms with Crippen molar-refractivity contribution in [2.75, 3.05) is 31.1 Å². The maximum absolute atomic E-state index is 12.8. The molecule has 7 heteroatoms. The zero-order valence-corrected chi connectivity index (χ0v) is 16.2. The first-order valence-electron chi connectivity index (χ1n) is 9.72. The van der Waals surface area contributed by atoms with Gasteiger partial charge in [0.25, 0.3) is 11.6 Å². The molecule has 2 heterocycles. The maximum atomic E-state index is 12.8. The van der Waals surface area contributed by atoms with Gasteiger partial charge < -0.3 is 9.80 Å². The molecule has 2 aromatic carbocycles. The predicted octanol–water partition coefficient (Wildman–Crippen LogP) is 3.67. The van der Waals surface area contributed by atoms with Gasteiger partial charge in [-0.1, -0.05) is 19.1 Å². The first-order valence-corrected chi connectivity index (χ1v) is 9.72. The number of anilines is 1. The number of amides is 1. The van der Waals surface area contributed by atoms with E-state index in [0.717, 1.165) is 17.5 Å². The highest BCUT2D eigenvalue weighted by Gasteiger charge is 2.24. The predicted molar refractivity (Wildman–Crippen MR) is 112 cm³/mol. The molecule has 0 saturated carbocycles. The fourth-order valence-corrected chi connectivity index (χ4v) is 3.81. The van der Waals surface area contributed by atoms with Gasteiger partial charge in [-0.15, -0.1) is 0 Å². The Hall–Kier alpha value is -3.48. The van der Waals surface area contributed by atoms with Crippen molar-refractivity contribution in [2.45, 2.75) is 13.3 Å². The third-order valence-corrected chi connectivity index (χ3v) is 5.49. The second-order valence-electron chi connectivity index (χ2n) is 7.11. The summed E-state index contributed by atoms with van der Waals surface area (Å²) < 4.78 is 0. The number of aromatic nitrogens is 1. The van der Waals surface area contributed by atoms with Crippen molar-refractivity contribution in [3.8, 4) is 0 Å². The van der Waals surface area contributed by atoms with Gasteiger partial charge in [0.05, 0.1) is 10.3 Å². The van der Waals surface area contributed by atoms with E-state index in [4.69, 9.17) is 0 Å². The van der Waals surface area contributed by atoms with Gasteiger partial charge in [-0.25, -0.2) is 0 Å². The first kappa shape index (κ1) is 18.9. The number of carbonyl (C=O) groups is 1. The van der Waals surface area contributed by atoms with Gasteiger partial charge in [0, 0.05) is 61.3 Å².